The van der Waals surface area contributed by atoms with E-state index < -0.39 is 12.0 Å². The number of thiazole rings is 1. The summed E-state index contributed by atoms with van der Waals surface area (Å²) in [5.74, 6) is -0.399. The maximum absolute atomic E-state index is 13.7. The van der Waals surface area contributed by atoms with Crippen LogP contribution in [0, 0.1) is 0 Å². The Morgan fingerprint density at radius 2 is 1.89 bits per heavy atom. The van der Waals surface area contributed by atoms with Crippen LogP contribution in [0.2, 0.25) is 0 Å². The molecule has 0 radical (unpaired) electrons. The van der Waals surface area contributed by atoms with Crippen molar-refractivity contribution in [3.63, 3.8) is 0 Å². The summed E-state index contributed by atoms with van der Waals surface area (Å²) in [4.78, 5) is 33.9. The van der Waals surface area contributed by atoms with Crippen LogP contribution in [-0.2, 0) is 9.53 Å². The summed E-state index contributed by atoms with van der Waals surface area (Å²) in [6, 6.07) is 12.3. The van der Waals surface area contributed by atoms with E-state index in [-0.39, 0.29) is 17.9 Å². The normalized spacial score (nSPS) is 15.5. The fourth-order valence-corrected chi connectivity index (χ4v) is 5.63. The molecule has 1 aliphatic rings. The summed E-state index contributed by atoms with van der Waals surface area (Å²) in [6.45, 7) is 9.49. The highest BCUT2D eigenvalue weighted by Gasteiger charge is 2.33. The molecule has 2 heterocycles. The van der Waals surface area contributed by atoms with Gasteiger partial charge in [0.1, 0.15) is 5.75 Å². The lowest BCUT2D eigenvalue weighted by Gasteiger charge is -2.24. The second-order valence-corrected chi connectivity index (χ2v) is 10.2. The van der Waals surface area contributed by atoms with Gasteiger partial charge < -0.3 is 14.7 Å². The highest BCUT2D eigenvalue weighted by Crippen LogP contribution is 2.31. The Morgan fingerprint density at radius 3 is 2.50 bits per heavy atom. The number of carbonyl (C=O) groups excluding carboxylic acids is 1. The summed E-state index contributed by atoms with van der Waals surface area (Å²) in [6.07, 6.45) is 1.67. The average molecular weight is 571 g/mol. The number of aromatic nitrogens is 1. The zero-order valence-electron chi connectivity index (χ0n) is 20.6. The molecule has 3 aromatic rings. The van der Waals surface area contributed by atoms with E-state index in [1.54, 1.807) is 30.6 Å². The predicted octanol–water partition coefficient (Wildman–Crippen LogP) is 4.11. The van der Waals surface area contributed by atoms with E-state index in [1.807, 2.05) is 36.4 Å². The molecule has 0 saturated heterocycles. The average Bonchev–Trinajstić information content (AvgIpc) is 3.15. The SMILES string of the molecule is CCOC(=O)C1=C(C)N=c2sc(=Cc3ccc(N(CC)CC)cc3O)c(=O)n2[C@@H]1c1ccc(Br)cc1. The van der Waals surface area contributed by atoms with Crippen LogP contribution in [-0.4, -0.2) is 35.3 Å². The van der Waals surface area contributed by atoms with Gasteiger partial charge in [0.15, 0.2) is 4.80 Å². The van der Waals surface area contributed by atoms with Gasteiger partial charge in [0, 0.05) is 34.9 Å². The maximum Gasteiger partial charge on any atom is 0.338 e. The third kappa shape index (κ3) is 4.90. The molecule has 36 heavy (non-hydrogen) atoms. The lowest BCUT2D eigenvalue weighted by molar-refractivity contribution is -0.139. The van der Waals surface area contributed by atoms with Crippen LogP contribution in [0.5, 0.6) is 5.75 Å². The molecule has 7 nitrogen and oxygen atoms in total. The predicted molar refractivity (Wildman–Crippen MR) is 146 cm³/mol. The van der Waals surface area contributed by atoms with Gasteiger partial charge in [-0.1, -0.05) is 39.4 Å². The Hall–Kier alpha value is -3.17. The molecule has 1 atom stereocenters. The van der Waals surface area contributed by atoms with Gasteiger partial charge in [-0.15, -0.1) is 0 Å². The van der Waals surface area contributed by atoms with Gasteiger partial charge in [-0.2, -0.15) is 0 Å². The number of carbonyl (C=O) groups is 1. The van der Waals surface area contributed by atoms with Crippen molar-refractivity contribution in [1.29, 1.82) is 0 Å². The minimum Gasteiger partial charge on any atom is -0.507 e. The van der Waals surface area contributed by atoms with Crippen LogP contribution in [0.1, 0.15) is 44.9 Å². The van der Waals surface area contributed by atoms with Crippen LogP contribution in [0.3, 0.4) is 0 Å². The standard InChI is InChI=1S/C27H28BrN3O4S/c1-5-30(6-2)20-13-10-18(21(32)15-20)14-22-25(33)31-24(17-8-11-19(28)12-9-17)23(26(34)35-7-3)16(4)29-27(31)36-22/h8-15,24,32H,5-7H2,1-4H3/t24-/m1/s1. The minimum atomic E-state index is -0.672. The number of benzene rings is 2. The highest BCUT2D eigenvalue weighted by atomic mass is 79.9. The summed E-state index contributed by atoms with van der Waals surface area (Å²) < 4.78 is 8.17. The van der Waals surface area contributed by atoms with Crippen molar-refractivity contribution in [2.45, 2.75) is 33.7 Å². The molecule has 0 spiro atoms. The van der Waals surface area contributed by atoms with Gasteiger partial charge in [0.25, 0.3) is 5.56 Å². The number of allylic oxidation sites excluding steroid dienone is 1. The van der Waals surface area contributed by atoms with E-state index in [1.165, 1.54) is 11.3 Å². The largest absolute Gasteiger partial charge is 0.507 e. The first-order valence-corrected chi connectivity index (χ1v) is 13.4. The maximum atomic E-state index is 13.7. The number of halogens is 1. The first-order valence-electron chi connectivity index (χ1n) is 11.8. The molecular formula is C27H28BrN3O4S. The molecule has 188 valence electrons. The van der Waals surface area contributed by atoms with Crippen molar-refractivity contribution in [3.8, 4) is 5.75 Å². The van der Waals surface area contributed by atoms with E-state index >= 15 is 0 Å². The quantitative estimate of drug-likeness (QED) is 0.433. The number of phenolic OH excluding ortho intramolecular Hbond substituents is 1. The summed E-state index contributed by atoms with van der Waals surface area (Å²) in [5.41, 5.74) is 2.80. The molecule has 0 bridgehead atoms. The van der Waals surface area contributed by atoms with Crippen LogP contribution >= 0.6 is 27.3 Å². The zero-order chi connectivity index (χ0) is 26.0. The van der Waals surface area contributed by atoms with Crippen LogP contribution in [0.4, 0.5) is 5.69 Å². The number of ether oxygens (including phenoxy) is 1. The zero-order valence-corrected chi connectivity index (χ0v) is 23.0. The molecule has 0 unspecified atom stereocenters. The number of hydrogen-bond donors (Lipinski definition) is 1. The molecule has 1 aliphatic heterocycles. The van der Waals surface area contributed by atoms with Crippen molar-refractivity contribution in [1.82, 2.24) is 4.57 Å². The van der Waals surface area contributed by atoms with Gasteiger partial charge in [0.2, 0.25) is 0 Å². The Bertz CT molecular complexity index is 1500. The molecule has 9 heteroatoms. The van der Waals surface area contributed by atoms with E-state index in [4.69, 9.17) is 4.74 Å². The number of esters is 1. The van der Waals surface area contributed by atoms with E-state index in [0.29, 0.717) is 26.2 Å². The van der Waals surface area contributed by atoms with Crippen LogP contribution in [0.15, 0.2) is 68.0 Å². The smallest absolute Gasteiger partial charge is 0.338 e. The van der Waals surface area contributed by atoms with E-state index in [0.717, 1.165) is 28.8 Å². The van der Waals surface area contributed by atoms with Gasteiger partial charge >= 0.3 is 5.97 Å². The molecule has 1 aromatic heterocycles. The highest BCUT2D eigenvalue weighted by molar-refractivity contribution is 9.10. The number of nitrogens with zero attached hydrogens (tertiary/aromatic N) is 3. The first kappa shape index (κ1) is 25.9. The summed E-state index contributed by atoms with van der Waals surface area (Å²) >= 11 is 4.68. The lowest BCUT2D eigenvalue weighted by atomic mass is 9.96. The third-order valence-corrected chi connectivity index (χ3v) is 7.64. The molecule has 0 amide bonds. The number of aromatic hydroxyl groups is 1. The molecule has 1 N–H and O–H groups in total. The van der Waals surface area contributed by atoms with Gasteiger partial charge in [-0.25, -0.2) is 9.79 Å². The Morgan fingerprint density at radius 1 is 1.19 bits per heavy atom. The number of fused-ring (bicyclic) bond motifs is 1. The first-order chi connectivity index (χ1) is 17.3. The summed E-state index contributed by atoms with van der Waals surface area (Å²) in [5, 5.41) is 10.7. The molecule has 2 aromatic carbocycles. The van der Waals surface area contributed by atoms with Crippen LogP contribution in [0.25, 0.3) is 6.08 Å². The molecule has 0 fully saturated rings. The number of hydrogen-bond acceptors (Lipinski definition) is 7. The van der Waals surface area contributed by atoms with Crippen molar-refractivity contribution in [2.75, 3.05) is 24.6 Å². The van der Waals surface area contributed by atoms with Crippen molar-refractivity contribution >= 4 is 45.0 Å². The second kappa shape index (κ2) is 10.8. The van der Waals surface area contributed by atoms with Crippen molar-refractivity contribution in [2.24, 2.45) is 4.99 Å². The Kier molecular flexibility index (Phi) is 7.80. The van der Waals surface area contributed by atoms with Crippen molar-refractivity contribution in [3.05, 3.63) is 89.0 Å². The summed E-state index contributed by atoms with van der Waals surface area (Å²) in [7, 11) is 0. The molecule has 0 aliphatic carbocycles. The van der Waals surface area contributed by atoms with Crippen molar-refractivity contribution < 1.29 is 14.6 Å². The molecular weight excluding hydrogens is 542 g/mol. The van der Waals surface area contributed by atoms with E-state index in [2.05, 4.69) is 39.7 Å². The minimum absolute atomic E-state index is 0.0955. The number of phenols is 1. The Balaban J connectivity index is 1.88. The second-order valence-electron chi connectivity index (χ2n) is 8.27. The topological polar surface area (TPSA) is 84.1 Å². The fraction of sp³-hybridized carbons (Fsp3) is 0.296. The fourth-order valence-electron chi connectivity index (χ4n) is 4.33. The van der Waals surface area contributed by atoms with E-state index in [9.17, 15) is 14.7 Å². The van der Waals surface area contributed by atoms with Gasteiger partial charge in [0.05, 0.1) is 28.5 Å². The number of anilines is 1. The molecule has 0 saturated carbocycles. The third-order valence-electron chi connectivity index (χ3n) is 6.13. The van der Waals surface area contributed by atoms with Gasteiger partial charge in [-0.05, 0) is 63.6 Å². The van der Waals surface area contributed by atoms with Crippen LogP contribution < -0.4 is 19.8 Å². The molecule has 4 rings (SSSR count). The monoisotopic (exact) mass is 569 g/mol. The lowest BCUT2D eigenvalue weighted by Crippen LogP contribution is -2.39. The number of rotatable bonds is 7. The van der Waals surface area contributed by atoms with Gasteiger partial charge in [-0.3, -0.25) is 9.36 Å². The Labute approximate surface area is 221 Å².